The summed E-state index contributed by atoms with van der Waals surface area (Å²) in [5.74, 6) is 2.90. The molecule has 5 rings (SSSR count). The molecule has 25 heavy (non-hydrogen) atoms. The monoisotopic (exact) mass is 334 g/mol. The first kappa shape index (κ1) is 15.2. The van der Waals surface area contributed by atoms with Gasteiger partial charge in [-0.3, -0.25) is 4.79 Å². The molecule has 130 valence electrons. The third kappa shape index (κ3) is 2.90. The Morgan fingerprint density at radius 2 is 2.04 bits per heavy atom. The maximum absolute atomic E-state index is 12.8. The Morgan fingerprint density at radius 3 is 2.80 bits per heavy atom. The van der Waals surface area contributed by atoms with E-state index in [0.29, 0.717) is 23.7 Å². The van der Waals surface area contributed by atoms with E-state index in [2.05, 4.69) is 52.5 Å². The van der Waals surface area contributed by atoms with Crippen LogP contribution in [-0.4, -0.2) is 28.9 Å². The lowest BCUT2D eigenvalue weighted by molar-refractivity contribution is -0.133. The molecule has 3 atom stereocenters. The van der Waals surface area contributed by atoms with Gasteiger partial charge in [0, 0.05) is 36.1 Å². The molecule has 1 aromatic carbocycles. The number of benzene rings is 1. The highest BCUT2D eigenvalue weighted by molar-refractivity contribution is 5.83. The van der Waals surface area contributed by atoms with Gasteiger partial charge in [0.25, 0.3) is 0 Å². The summed E-state index contributed by atoms with van der Waals surface area (Å²) in [6.07, 6.45) is 12.6. The summed E-state index contributed by atoms with van der Waals surface area (Å²) in [5.41, 5.74) is 2.52. The van der Waals surface area contributed by atoms with E-state index >= 15 is 0 Å². The van der Waals surface area contributed by atoms with E-state index in [-0.39, 0.29) is 0 Å². The molecule has 3 heteroatoms. The van der Waals surface area contributed by atoms with Crippen molar-refractivity contribution >= 4 is 16.8 Å². The SMILES string of the molecule is O=C(C1CC1)N(CCc1c[nH]c2ccccc12)CC1CC2C=CC1C2. The summed E-state index contributed by atoms with van der Waals surface area (Å²) in [5, 5.41) is 1.30. The number of carbonyl (C=O) groups excluding carboxylic acids is 1. The molecule has 0 spiro atoms. The number of H-pyrrole nitrogens is 1. The smallest absolute Gasteiger partial charge is 0.225 e. The van der Waals surface area contributed by atoms with Gasteiger partial charge >= 0.3 is 0 Å². The lowest BCUT2D eigenvalue weighted by atomic mass is 9.93. The minimum atomic E-state index is 0.317. The zero-order valence-electron chi connectivity index (χ0n) is 14.7. The number of hydrogen-bond acceptors (Lipinski definition) is 1. The Kier molecular flexibility index (Phi) is 3.69. The normalized spacial score (nSPS) is 27.3. The fraction of sp³-hybridized carbons (Fsp3) is 0.500. The van der Waals surface area contributed by atoms with Gasteiger partial charge in [-0.15, -0.1) is 0 Å². The number of nitrogens with zero attached hydrogens (tertiary/aromatic N) is 1. The lowest BCUT2D eigenvalue weighted by Gasteiger charge is -2.29. The molecule has 2 saturated carbocycles. The largest absolute Gasteiger partial charge is 0.361 e. The summed E-state index contributed by atoms with van der Waals surface area (Å²) >= 11 is 0. The molecule has 3 nitrogen and oxygen atoms in total. The number of rotatable bonds is 6. The van der Waals surface area contributed by atoms with E-state index in [0.717, 1.165) is 38.3 Å². The van der Waals surface area contributed by atoms with Crippen molar-refractivity contribution in [2.45, 2.75) is 32.1 Å². The van der Waals surface area contributed by atoms with E-state index in [1.807, 2.05) is 0 Å². The number of amides is 1. The van der Waals surface area contributed by atoms with Gasteiger partial charge in [-0.05, 0) is 61.5 Å². The fourth-order valence-corrected chi connectivity index (χ4v) is 4.86. The summed E-state index contributed by atoms with van der Waals surface area (Å²) < 4.78 is 0. The average Bonchev–Trinajstić information content (AvgIpc) is 3.09. The van der Waals surface area contributed by atoms with Crippen LogP contribution in [0.3, 0.4) is 0 Å². The molecule has 3 unspecified atom stereocenters. The molecular weight excluding hydrogens is 308 g/mol. The van der Waals surface area contributed by atoms with Crippen LogP contribution in [0.2, 0.25) is 0 Å². The molecule has 2 aromatic rings. The zero-order chi connectivity index (χ0) is 16.8. The van der Waals surface area contributed by atoms with Crippen LogP contribution in [0.25, 0.3) is 10.9 Å². The van der Waals surface area contributed by atoms with Crippen LogP contribution in [0.5, 0.6) is 0 Å². The third-order valence-electron chi connectivity index (χ3n) is 6.44. The van der Waals surface area contributed by atoms with Crippen molar-refractivity contribution in [3.05, 3.63) is 48.2 Å². The van der Waals surface area contributed by atoms with Gasteiger partial charge in [0.2, 0.25) is 5.91 Å². The van der Waals surface area contributed by atoms with Crippen LogP contribution in [0.1, 0.15) is 31.2 Å². The zero-order valence-corrected chi connectivity index (χ0v) is 14.7. The summed E-state index contributed by atoms with van der Waals surface area (Å²) in [7, 11) is 0. The Labute approximate surface area is 149 Å². The summed E-state index contributed by atoms with van der Waals surface area (Å²) in [6, 6.07) is 8.45. The number of fused-ring (bicyclic) bond motifs is 3. The second kappa shape index (κ2) is 6.05. The maximum atomic E-state index is 12.8. The van der Waals surface area contributed by atoms with E-state index < -0.39 is 0 Å². The minimum absolute atomic E-state index is 0.317. The molecule has 3 aliphatic carbocycles. The van der Waals surface area contributed by atoms with Crippen molar-refractivity contribution in [1.82, 2.24) is 9.88 Å². The Bertz CT molecular complexity index is 816. The van der Waals surface area contributed by atoms with Crippen LogP contribution >= 0.6 is 0 Å². The van der Waals surface area contributed by atoms with E-state index in [1.54, 1.807) is 0 Å². The van der Waals surface area contributed by atoms with Crippen LogP contribution < -0.4 is 0 Å². The molecule has 1 amide bonds. The van der Waals surface area contributed by atoms with Gasteiger partial charge in [-0.25, -0.2) is 0 Å². The number of aromatic amines is 1. The third-order valence-corrected chi connectivity index (χ3v) is 6.44. The summed E-state index contributed by atoms with van der Waals surface area (Å²) in [6.45, 7) is 1.82. The van der Waals surface area contributed by atoms with Crippen molar-refractivity contribution < 1.29 is 4.79 Å². The lowest BCUT2D eigenvalue weighted by Crippen LogP contribution is -2.38. The maximum Gasteiger partial charge on any atom is 0.225 e. The Balaban J connectivity index is 1.30. The van der Waals surface area contributed by atoms with Gasteiger partial charge < -0.3 is 9.88 Å². The molecule has 0 saturated heterocycles. The number of nitrogens with one attached hydrogen (secondary N) is 1. The van der Waals surface area contributed by atoms with Crippen molar-refractivity contribution in [3.8, 4) is 0 Å². The van der Waals surface area contributed by atoms with Gasteiger partial charge in [-0.1, -0.05) is 30.4 Å². The van der Waals surface area contributed by atoms with E-state index in [9.17, 15) is 4.79 Å². The quantitative estimate of drug-likeness (QED) is 0.791. The first-order valence-electron chi connectivity index (χ1n) is 9.80. The van der Waals surface area contributed by atoms with Gasteiger partial charge in [0.05, 0.1) is 0 Å². The molecule has 0 radical (unpaired) electrons. The Morgan fingerprint density at radius 1 is 1.16 bits per heavy atom. The van der Waals surface area contributed by atoms with Crippen molar-refractivity contribution in [3.63, 3.8) is 0 Å². The molecule has 3 aliphatic rings. The van der Waals surface area contributed by atoms with Crippen molar-refractivity contribution in [1.29, 1.82) is 0 Å². The average molecular weight is 334 g/mol. The highest BCUT2D eigenvalue weighted by Gasteiger charge is 2.39. The second-order valence-corrected chi connectivity index (χ2v) is 8.21. The highest BCUT2D eigenvalue weighted by atomic mass is 16.2. The number of hydrogen-bond donors (Lipinski definition) is 1. The molecule has 2 bridgehead atoms. The topological polar surface area (TPSA) is 36.1 Å². The molecule has 1 aromatic heterocycles. The van der Waals surface area contributed by atoms with Crippen molar-refractivity contribution in [2.75, 3.05) is 13.1 Å². The Hall–Kier alpha value is -2.03. The van der Waals surface area contributed by atoms with E-state index in [4.69, 9.17) is 0 Å². The molecule has 1 N–H and O–H groups in total. The van der Waals surface area contributed by atoms with Crippen LogP contribution in [0, 0.1) is 23.7 Å². The van der Waals surface area contributed by atoms with Crippen molar-refractivity contribution in [2.24, 2.45) is 23.7 Å². The fourth-order valence-electron chi connectivity index (χ4n) is 4.86. The second-order valence-electron chi connectivity index (χ2n) is 8.21. The minimum Gasteiger partial charge on any atom is -0.361 e. The molecule has 2 fully saturated rings. The number of allylic oxidation sites excluding steroid dienone is 2. The molecule has 0 aliphatic heterocycles. The molecular formula is C22H26N2O. The predicted molar refractivity (Wildman–Crippen MR) is 100 cm³/mol. The van der Waals surface area contributed by atoms with Crippen LogP contribution in [0.15, 0.2) is 42.6 Å². The highest BCUT2D eigenvalue weighted by Crippen LogP contribution is 2.44. The van der Waals surface area contributed by atoms with Crippen LogP contribution in [0.4, 0.5) is 0 Å². The number of aromatic nitrogens is 1. The van der Waals surface area contributed by atoms with Gasteiger partial charge in [0.1, 0.15) is 0 Å². The van der Waals surface area contributed by atoms with Gasteiger partial charge in [-0.2, -0.15) is 0 Å². The number of carbonyl (C=O) groups is 1. The van der Waals surface area contributed by atoms with E-state index in [1.165, 1.54) is 29.3 Å². The first-order chi connectivity index (χ1) is 12.3. The number of para-hydroxylation sites is 1. The molecule has 1 heterocycles. The predicted octanol–water partition coefficient (Wildman–Crippen LogP) is 4.16. The van der Waals surface area contributed by atoms with Gasteiger partial charge in [0.15, 0.2) is 0 Å². The standard InChI is InChI=1S/C22H26N2O/c25-22(16-7-8-16)24(14-19-12-15-5-6-17(19)11-15)10-9-18-13-23-21-4-2-1-3-20(18)21/h1-6,13,15-17,19,23H,7-12,14H2. The van der Waals surface area contributed by atoms with Crippen LogP contribution in [-0.2, 0) is 11.2 Å². The first-order valence-corrected chi connectivity index (χ1v) is 9.80. The summed E-state index contributed by atoms with van der Waals surface area (Å²) in [4.78, 5) is 18.4.